The smallest absolute Gasteiger partial charge is 0.323 e. The van der Waals surface area contributed by atoms with Gasteiger partial charge in [-0.15, -0.1) is 0 Å². The lowest BCUT2D eigenvalue weighted by Crippen LogP contribution is -2.39. The zero-order chi connectivity index (χ0) is 24.2. The van der Waals surface area contributed by atoms with E-state index in [-0.39, 0.29) is 26.1 Å². The van der Waals surface area contributed by atoms with Gasteiger partial charge in [0, 0.05) is 13.5 Å². The minimum atomic E-state index is -3.58. The molecule has 3 rings (SSSR count). The molecule has 0 aromatic heterocycles. The summed E-state index contributed by atoms with van der Waals surface area (Å²) in [4.78, 5) is 25.2. The van der Waals surface area contributed by atoms with Crippen molar-refractivity contribution in [1.82, 2.24) is 5.09 Å². The van der Waals surface area contributed by atoms with E-state index in [2.05, 4.69) is 5.09 Å². The van der Waals surface area contributed by atoms with Crippen molar-refractivity contribution in [2.45, 2.75) is 32.1 Å². The normalized spacial score (nSPS) is 13.4. The first kappa shape index (κ1) is 25.4. The largest absolute Gasteiger partial charge is 0.461 e. The van der Waals surface area contributed by atoms with Gasteiger partial charge in [-0.3, -0.25) is 14.2 Å². The minimum Gasteiger partial charge on any atom is -0.461 e. The van der Waals surface area contributed by atoms with Gasteiger partial charge in [0.2, 0.25) is 0 Å². The highest BCUT2D eigenvalue weighted by atomic mass is 31.2. The zero-order valence-corrected chi connectivity index (χ0v) is 19.9. The molecule has 0 saturated carbocycles. The average Bonchev–Trinajstić information content (AvgIpc) is 2.90. The molecule has 0 aliphatic carbocycles. The van der Waals surface area contributed by atoms with E-state index in [0.717, 1.165) is 11.1 Å². The fraction of sp³-hybridized carbons (Fsp3) is 0.231. The predicted molar refractivity (Wildman–Crippen MR) is 129 cm³/mol. The first-order valence-electron chi connectivity index (χ1n) is 10.9. The van der Waals surface area contributed by atoms with Crippen LogP contribution in [0.5, 0.6) is 0 Å². The number of benzene rings is 3. The van der Waals surface area contributed by atoms with E-state index < -0.39 is 25.5 Å². The predicted octanol–water partition coefficient (Wildman–Crippen LogP) is 4.38. The highest BCUT2D eigenvalue weighted by Crippen LogP contribution is 2.41. The van der Waals surface area contributed by atoms with Crippen LogP contribution in [0.2, 0.25) is 0 Å². The molecule has 0 spiro atoms. The first-order valence-corrected chi connectivity index (χ1v) is 12.5. The van der Waals surface area contributed by atoms with Crippen molar-refractivity contribution < 1.29 is 28.2 Å². The Balaban J connectivity index is 1.66. The van der Waals surface area contributed by atoms with E-state index in [0.29, 0.717) is 5.30 Å². The lowest BCUT2D eigenvalue weighted by atomic mass is 10.1. The molecule has 3 aromatic carbocycles. The summed E-state index contributed by atoms with van der Waals surface area (Å²) in [6, 6.07) is 26.0. The maximum Gasteiger partial charge on any atom is 0.323 e. The van der Waals surface area contributed by atoms with Crippen LogP contribution in [0.25, 0.3) is 0 Å². The van der Waals surface area contributed by atoms with Crippen molar-refractivity contribution in [3.8, 4) is 0 Å². The van der Waals surface area contributed by atoms with Gasteiger partial charge >= 0.3 is 11.9 Å². The third-order valence-electron chi connectivity index (χ3n) is 5.07. The Morgan fingerprint density at radius 2 is 1.29 bits per heavy atom. The van der Waals surface area contributed by atoms with Crippen molar-refractivity contribution in [2.24, 2.45) is 0 Å². The Bertz CT molecular complexity index is 1090. The molecule has 7 nitrogen and oxygen atoms in total. The topological polar surface area (TPSA) is 90.9 Å². The summed E-state index contributed by atoms with van der Waals surface area (Å²) in [5, 5.41) is 3.22. The SMILES string of the molecule is COP(=O)(N[C@@H](CCC(=O)OCc1ccccc1)C(=O)OCc1ccccc1)c1ccccc1. The Kier molecular flexibility index (Phi) is 9.59. The van der Waals surface area contributed by atoms with Crippen molar-refractivity contribution in [2.75, 3.05) is 7.11 Å². The second kappa shape index (κ2) is 12.8. The van der Waals surface area contributed by atoms with E-state index in [1.165, 1.54) is 7.11 Å². The monoisotopic (exact) mass is 481 g/mol. The van der Waals surface area contributed by atoms with E-state index in [9.17, 15) is 14.2 Å². The van der Waals surface area contributed by atoms with Gasteiger partial charge in [0.15, 0.2) is 0 Å². The number of rotatable bonds is 12. The highest BCUT2D eigenvalue weighted by molar-refractivity contribution is 7.65. The number of ether oxygens (including phenoxy) is 2. The molecular weight excluding hydrogens is 453 g/mol. The number of hydrogen-bond acceptors (Lipinski definition) is 6. The Morgan fingerprint density at radius 1 is 0.794 bits per heavy atom. The lowest BCUT2D eigenvalue weighted by Gasteiger charge is -2.24. The van der Waals surface area contributed by atoms with E-state index in [4.69, 9.17) is 14.0 Å². The van der Waals surface area contributed by atoms with Crippen molar-refractivity contribution >= 4 is 24.8 Å². The van der Waals surface area contributed by atoms with Crippen LogP contribution in [0.1, 0.15) is 24.0 Å². The van der Waals surface area contributed by atoms with Crippen LogP contribution in [-0.2, 0) is 41.4 Å². The summed E-state index contributed by atoms with van der Waals surface area (Å²) < 4.78 is 29.5. The van der Waals surface area contributed by atoms with Crippen LogP contribution < -0.4 is 10.4 Å². The fourth-order valence-corrected chi connectivity index (χ4v) is 4.87. The van der Waals surface area contributed by atoms with E-state index in [1.54, 1.807) is 30.3 Å². The molecule has 0 aliphatic heterocycles. The van der Waals surface area contributed by atoms with Crippen molar-refractivity contribution in [1.29, 1.82) is 0 Å². The molecule has 0 heterocycles. The fourth-order valence-electron chi connectivity index (χ4n) is 3.20. The Morgan fingerprint density at radius 3 is 1.82 bits per heavy atom. The molecule has 1 unspecified atom stereocenters. The third-order valence-corrected chi connectivity index (χ3v) is 7.21. The molecule has 34 heavy (non-hydrogen) atoms. The van der Waals surface area contributed by atoms with Crippen LogP contribution in [-0.4, -0.2) is 25.1 Å². The molecule has 0 bridgehead atoms. The maximum atomic E-state index is 13.5. The van der Waals surface area contributed by atoms with Crippen LogP contribution in [0.15, 0.2) is 91.0 Å². The molecule has 0 radical (unpaired) electrons. The van der Waals surface area contributed by atoms with Crippen LogP contribution >= 0.6 is 7.52 Å². The summed E-state index contributed by atoms with van der Waals surface area (Å²) in [5.74, 6) is -1.11. The van der Waals surface area contributed by atoms with Gasteiger partial charge in [-0.2, -0.15) is 0 Å². The first-order chi connectivity index (χ1) is 16.5. The highest BCUT2D eigenvalue weighted by Gasteiger charge is 2.33. The molecule has 8 heteroatoms. The van der Waals surface area contributed by atoms with Gasteiger partial charge in [-0.1, -0.05) is 78.9 Å². The van der Waals surface area contributed by atoms with E-state index in [1.807, 2.05) is 60.7 Å². The summed E-state index contributed by atoms with van der Waals surface area (Å²) >= 11 is 0. The van der Waals surface area contributed by atoms with Crippen LogP contribution in [0.3, 0.4) is 0 Å². The number of esters is 2. The summed E-state index contributed by atoms with van der Waals surface area (Å²) in [6.45, 7) is 0.190. The van der Waals surface area contributed by atoms with Gasteiger partial charge in [-0.25, -0.2) is 5.09 Å². The van der Waals surface area contributed by atoms with Gasteiger partial charge < -0.3 is 14.0 Å². The molecule has 0 aliphatic rings. The van der Waals surface area contributed by atoms with Crippen molar-refractivity contribution in [3.05, 3.63) is 102 Å². The standard InChI is InChI=1S/C26H28NO6P/c1-31-34(30,23-15-9-4-10-16-23)27-24(26(29)33-20-22-13-7-3-8-14-22)17-18-25(28)32-19-21-11-5-2-6-12-21/h2-16,24H,17-20H2,1H3,(H,27,30)/t24-,34?/m0/s1. The minimum absolute atomic E-state index is 0.0292. The Hall–Kier alpha value is -3.25. The molecule has 0 amide bonds. The van der Waals surface area contributed by atoms with Crippen LogP contribution in [0, 0.1) is 0 Å². The number of carbonyl (C=O) groups is 2. The lowest BCUT2D eigenvalue weighted by molar-refractivity contribution is -0.148. The van der Waals surface area contributed by atoms with Gasteiger partial charge in [-0.05, 0) is 29.7 Å². The molecule has 0 fully saturated rings. The van der Waals surface area contributed by atoms with Gasteiger partial charge in [0.1, 0.15) is 19.3 Å². The molecule has 178 valence electrons. The molecular formula is C26H28NO6P. The summed E-state index contributed by atoms with van der Waals surface area (Å²) in [5.41, 5.74) is 1.68. The second-order valence-electron chi connectivity index (χ2n) is 7.53. The summed E-state index contributed by atoms with van der Waals surface area (Å²) in [7, 11) is -2.28. The maximum absolute atomic E-state index is 13.5. The van der Waals surface area contributed by atoms with Gasteiger partial charge in [0.25, 0.3) is 7.52 Å². The molecule has 0 saturated heterocycles. The molecule has 2 atom stereocenters. The third kappa shape index (κ3) is 7.66. The quantitative estimate of drug-likeness (QED) is 0.303. The Labute approximate surface area is 199 Å². The van der Waals surface area contributed by atoms with Gasteiger partial charge in [0.05, 0.1) is 5.30 Å². The zero-order valence-electron chi connectivity index (χ0n) is 19.0. The number of carbonyl (C=O) groups excluding carboxylic acids is 2. The molecule has 3 aromatic rings. The van der Waals surface area contributed by atoms with Crippen LogP contribution in [0.4, 0.5) is 0 Å². The second-order valence-corrected chi connectivity index (χ2v) is 9.77. The molecule has 1 N–H and O–H groups in total. The van der Waals surface area contributed by atoms with Crippen molar-refractivity contribution in [3.63, 3.8) is 0 Å². The average molecular weight is 481 g/mol. The van der Waals surface area contributed by atoms with E-state index >= 15 is 0 Å². The summed E-state index contributed by atoms with van der Waals surface area (Å²) in [6.07, 6.45) is -0.0368. The number of hydrogen-bond donors (Lipinski definition) is 1. The number of nitrogens with one attached hydrogen (secondary N) is 1.